The van der Waals surface area contributed by atoms with Crippen molar-refractivity contribution in [2.75, 3.05) is 23.7 Å². The number of nitrogens with zero attached hydrogens (tertiary/aromatic N) is 4. The number of anilines is 2. The van der Waals surface area contributed by atoms with Gasteiger partial charge >= 0.3 is 0 Å². The van der Waals surface area contributed by atoms with Gasteiger partial charge < -0.3 is 10.6 Å². The molecule has 30 heavy (non-hydrogen) atoms. The molecule has 3 aromatic rings. The zero-order chi connectivity index (χ0) is 20.8. The molecule has 3 aromatic heterocycles. The fourth-order valence-corrected chi connectivity index (χ4v) is 3.48. The molecule has 3 N–H and O–H groups in total. The highest BCUT2D eigenvalue weighted by atomic mass is 16.2. The van der Waals surface area contributed by atoms with Gasteiger partial charge in [-0.2, -0.15) is 5.10 Å². The molecule has 0 unspecified atom stereocenters. The van der Waals surface area contributed by atoms with Crippen LogP contribution in [0.5, 0.6) is 0 Å². The predicted octanol–water partition coefficient (Wildman–Crippen LogP) is 2.69. The number of carbonyl (C=O) groups excluding carboxylic acids is 2. The fourth-order valence-electron chi connectivity index (χ4n) is 3.48. The Kier molecular flexibility index (Phi) is 6.09. The van der Waals surface area contributed by atoms with Gasteiger partial charge in [0, 0.05) is 25.1 Å². The summed E-state index contributed by atoms with van der Waals surface area (Å²) in [7, 11) is 0. The van der Waals surface area contributed by atoms with Crippen molar-refractivity contribution in [3.63, 3.8) is 0 Å². The lowest BCUT2D eigenvalue weighted by Gasteiger charge is -2.26. The van der Waals surface area contributed by atoms with Gasteiger partial charge in [-0.1, -0.05) is 6.42 Å². The van der Waals surface area contributed by atoms with E-state index >= 15 is 0 Å². The fraction of sp³-hybridized carbons (Fsp3) is 0.286. The summed E-state index contributed by atoms with van der Waals surface area (Å²) in [5.41, 5.74) is 2.30. The molecule has 4 rings (SSSR count). The third-order valence-corrected chi connectivity index (χ3v) is 4.93. The molecule has 154 valence electrons. The van der Waals surface area contributed by atoms with E-state index in [1.165, 1.54) is 31.7 Å². The van der Waals surface area contributed by atoms with Crippen molar-refractivity contribution in [2.24, 2.45) is 0 Å². The summed E-state index contributed by atoms with van der Waals surface area (Å²) >= 11 is 0. The van der Waals surface area contributed by atoms with E-state index < -0.39 is 11.8 Å². The molecule has 4 heterocycles. The first kappa shape index (κ1) is 19.7. The van der Waals surface area contributed by atoms with Crippen LogP contribution in [0, 0.1) is 0 Å². The highest BCUT2D eigenvalue weighted by Gasteiger charge is 2.21. The molecule has 9 nitrogen and oxygen atoms in total. The minimum Gasteiger partial charge on any atom is -0.320 e. The lowest BCUT2D eigenvalue weighted by atomic mass is 10.1. The number of nitrogens with one attached hydrogen (secondary N) is 3. The normalized spacial score (nSPS) is 14.3. The van der Waals surface area contributed by atoms with E-state index in [1.807, 2.05) is 12.3 Å². The molecule has 9 heteroatoms. The number of likely N-dealkylation sites (tertiary alicyclic amines) is 1. The molecular weight excluding hydrogens is 382 g/mol. The largest absolute Gasteiger partial charge is 0.320 e. The smallest absolute Gasteiger partial charge is 0.277 e. The maximum atomic E-state index is 12.8. The molecule has 1 saturated heterocycles. The predicted molar refractivity (Wildman–Crippen MR) is 112 cm³/mol. The average molecular weight is 405 g/mol. The summed E-state index contributed by atoms with van der Waals surface area (Å²) in [6.45, 7) is 2.98. The Morgan fingerprint density at radius 2 is 1.80 bits per heavy atom. The Balaban J connectivity index is 1.43. The maximum Gasteiger partial charge on any atom is 0.277 e. The number of rotatable bonds is 6. The number of aromatic nitrogens is 4. The summed E-state index contributed by atoms with van der Waals surface area (Å²) in [6, 6.07) is 5.32. The van der Waals surface area contributed by atoms with Crippen molar-refractivity contribution < 1.29 is 9.59 Å². The Labute approximate surface area is 173 Å². The summed E-state index contributed by atoms with van der Waals surface area (Å²) < 4.78 is 0. The Hall–Kier alpha value is -3.59. The van der Waals surface area contributed by atoms with Crippen molar-refractivity contribution >= 4 is 23.2 Å². The SMILES string of the molecule is O=C(Nc1cncc(CN2CCCCC2)c1)c1c[nH]nc1C(=O)Nc1cccnc1. The zero-order valence-corrected chi connectivity index (χ0v) is 16.5. The lowest BCUT2D eigenvalue weighted by Crippen LogP contribution is -2.29. The van der Waals surface area contributed by atoms with Crippen LogP contribution in [0.2, 0.25) is 0 Å². The van der Waals surface area contributed by atoms with Gasteiger partial charge in [-0.3, -0.25) is 29.6 Å². The maximum absolute atomic E-state index is 12.8. The highest BCUT2D eigenvalue weighted by molar-refractivity contribution is 6.14. The number of carbonyl (C=O) groups is 2. The quantitative estimate of drug-likeness (QED) is 0.581. The van der Waals surface area contributed by atoms with Gasteiger partial charge in [-0.15, -0.1) is 0 Å². The second-order valence-corrected chi connectivity index (χ2v) is 7.22. The Morgan fingerprint density at radius 1 is 1.00 bits per heavy atom. The number of hydrogen-bond acceptors (Lipinski definition) is 6. The number of pyridine rings is 2. The third-order valence-electron chi connectivity index (χ3n) is 4.93. The van der Waals surface area contributed by atoms with E-state index in [4.69, 9.17) is 0 Å². The standard InChI is InChI=1S/C21H23N7O2/c29-20(18-13-24-27-19(18)21(30)25-16-5-4-6-22-11-16)26-17-9-15(10-23-12-17)14-28-7-2-1-3-8-28/h4-6,9-13H,1-3,7-8,14H2,(H,24,27)(H,25,30)(H,26,29). The Bertz CT molecular complexity index is 1010. The minimum absolute atomic E-state index is 0.00813. The number of H-pyrrole nitrogens is 1. The van der Waals surface area contributed by atoms with Crippen LogP contribution in [0.1, 0.15) is 45.7 Å². The number of piperidine rings is 1. The molecule has 0 atom stereocenters. The van der Waals surface area contributed by atoms with E-state index in [0.29, 0.717) is 11.4 Å². The van der Waals surface area contributed by atoms with Crippen molar-refractivity contribution in [1.29, 1.82) is 0 Å². The van der Waals surface area contributed by atoms with Gasteiger partial charge in [0.25, 0.3) is 11.8 Å². The second-order valence-electron chi connectivity index (χ2n) is 7.22. The van der Waals surface area contributed by atoms with Crippen molar-refractivity contribution in [1.82, 2.24) is 25.1 Å². The van der Waals surface area contributed by atoms with Crippen LogP contribution < -0.4 is 10.6 Å². The van der Waals surface area contributed by atoms with Gasteiger partial charge in [-0.25, -0.2) is 0 Å². The molecule has 2 amide bonds. The highest BCUT2D eigenvalue weighted by Crippen LogP contribution is 2.17. The number of aromatic amines is 1. The van der Waals surface area contributed by atoms with Crippen LogP contribution in [0.4, 0.5) is 11.4 Å². The summed E-state index contributed by atoms with van der Waals surface area (Å²) in [4.78, 5) is 35.9. The van der Waals surface area contributed by atoms with E-state index in [-0.39, 0.29) is 11.3 Å². The van der Waals surface area contributed by atoms with Gasteiger partial charge in [0.05, 0.1) is 29.3 Å². The Morgan fingerprint density at radius 3 is 2.60 bits per heavy atom. The summed E-state index contributed by atoms with van der Waals surface area (Å²) in [5.74, 6) is -0.927. The first-order valence-electron chi connectivity index (χ1n) is 9.92. The van der Waals surface area contributed by atoms with Crippen molar-refractivity contribution in [3.8, 4) is 0 Å². The minimum atomic E-state index is -0.494. The van der Waals surface area contributed by atoms with Crippen LogP contribution in [0.15, 0.2) is 49.2 Å². The van der Waals surface area contributed by atoms with Gasteiger partial charge in [0.1, 0.15) is 0 Å². The van der Waals surface area contributed by atoms with Crippen LogP contribution in [0.3, 0.4) is 0 Å². The summed E-state index contributed by atoms with van der Waals surface area (Å²) in [6.07, 6.45) is 11.6. The lowest BCUT2D eigenvalue weighted by molar-refractivity contribution is 0.0988. The molecule has 0 bridgehead atoms. The molecule has 0 radical (unpaired) electrons. The van der Waals surface area contributed by atoms with E-state index in [1.54, 1.807) is 24.5 Å². The topological polar surface area (TPSA) is 116 Å². The molecule has 0 saturated carbocycles. The molecular formula is C21H23N7O2. The van der Waals surface area contributed by atoms with Crippen molar-refractivity contribution in [2.45, 2.75) is 25.8 Å². The van der Waals surface area contributed by atoms with E-state index in [0.717, 1.165) is 25.2 Å². The van der Waals surface area contributed by atoms with E-state index in [2.05, 4.69) is 35.7 Å². The number of amides is 2. The number of hydrogen-bond donors (Lipinski definition) is 3. The summed E-state index contributed by atoms with van der Waals surface area (Å²) in [5, 5.41) is 12.0. The monoisotopic (exact) mass is 405 g/mol. The first-order valence-corrected chi connectivity index (χ1v) is 9.92. The van der Waals surface area contributed by atoms with Gasteiger partial charge in [0.15, 0.2) is 5.69 Å². The van der Waals surface area contributed by atoms with E-state index in [9.17, 15) is 9.59 Å². The van der Waals surface area contributed by atoms with Crippen LogP contribution in [0.25, 0.3) is 0 Å². The molecule has 0 aliphatic carbocycles. The van der Waals surface area contributed by atoms with Gasteiger partial charge in [0.2, 0.25) is 0 Å². The van der Waals surface area contributed by atoms with Crippen LogP contribution in [-0.2, 0) is 6.54 Å². The van der Waals surface area contributed by atoms with Gasteiger partial charge in [-0.05, 0) is 49.7 Å². The molecule has 1 fully saturated rings. The molecule has 1 aliphatic heterocycles. The van der Waals surface area contributed by atoms with Crippen molar-refractivity contribution in [3.05, 3.63) is 66.0 Å². The molecule has 0 spiro atoms. The zero-order valence-electron chi connectivity index (χ0n) is 16.5. The molecule has 1 aliphatic rings. The first-order chi connectivity index (χ1) is 14.7. The molecule has 0 aromatic carbocycles. The second kappa shape index (κ2) is 9.27. The average Bonchev–Trinajstić information content (AvgIpc) is 3.26. The third kappa shape index (κ3) is 4.87. The van der Waals surface area contributed by atoms with Crippen LogP contribution in [-0.4, -0.2) is 50.0 Å². The van der Waals surface area contributed by atoms with Crippen LogP contribution >= 0.6 is 0 Å².